The zero-order valence-electron chi connectivity index (χ0n) is 11.3. The van der Waals surface area contributed by atoms with Gasteiger partial charge in [0.05, 0.1) is 5.69 Å². The summed E-state index contributed by atoms with van der Waals surface area (Å²) in [4.78, 5) is 14.9. The molecule has 0 unspecified atom stereocenters. The second-order valence-corrected chi connectivity index (χ2v) is 4.67. The van der Waals surface area contributed by atoms with Crippen LogP contribution in [0.1, 0.15) is 48.7 Å². The quantitative estimate of drug-likeness (QED) is 0.916. The zero-order valence-corrected chi connectivity index (χ0v) is 11.3. The molecule has 100 valence electrons. The van der Waals surface area contributed by atoms with Gasteiger partial charge in [-0.05, 0) is 23.6 Å². The van der Waals surface area contributed by atoms with Crippen molar-refractivity contribution in [3.8, 4) is 5.69 Å². The molecule has 2 rings (SSSR count). The largest absolute Gasteiger partial charge is 0.475 e. The van der Waals surface area contributed by atoms with Crippen molar-refractivity contribution < 1.29 is 9.90 Å². The van der Waals surface area contributed by atoms with Crippen LogP contribution in [-0.2, 0) is 6.42 Å². The molecule has 0 amide bonds. The molecule has 1 N–H and O–H groups in total. The van der Waals surface area contributed by atoms with Gasteiger partial charge in [-0.3, -0.25) is 0 Å². The van der Waals surface area contributed by atoms with E-state index in [4.69, 9.17) is 5.11 Å². The SMILES string of the molecule is CCc1nc(C(=O)O)nn1-c1ccc(C(C)C)cc1. The summed E-state index contributed by atoms with van der Waals surface area (Å²) < 4.78 is 1.59. The summed E-state index contributed by atoms with van der Waals surface area (Å²) in [6.07, 6.45) is 0.631. The minimum Gasteiger partial charge on any atom is -0.475 e. The van der Waals surface area contributed by atoms with E-state index in [0.717, 1.165) is 5.69 Å². The molecule has 1 aromatic heterocycles. The average molecular weight is 259 g/mol. The molecule has 5 heteroatoms. The van der Waals surface area contributed by atoms with E-state index in [1.807, 2.05) is 31.2 Å². The Balaban J connectivity index is 2.43. The van der Waals surface area contributed by atoms with Crippen LogP contribution in [0.4, 0.5) is 0 Å². The summed E-state index contributed by atoms with van der Waals surface area (Å²) >= 11 is 0. The van der Waals surface area contributed by atoms with Gasteiger partial charge in [-0.2, -0.15) is 0 Å². The predicted octanol–water partition coefficient (Wildman–Crippen LogP) is 2.65. The third kappa shape index (κ3) is 2.65. The Bertz CT molecular complexity index is 585. The molecule has 1 aromatic carbocycles. The van der Waals surface area contributed by atoms with E-state index in [0.29, 0.717) is 18.2 Å². The second kappa shape index (κ2) is 5.22. The first-order valence-electron chi connectivity index (χ1n) is 6.32. The summed E-state index contributed by atoms with van der Waals surface area (Å²) in [6, 6.07) is 7.94. The van der Waals surface area contributed by atoms with Crippen LogP contribution >= 0.6 is 0 Å². The number of aryl methyl sites for hydroxylation is 1. The van der Waals surface area contributed by atoms with Crippen LogP contribution < -0.4 is 0 Å². The molecule has 0 atom stereocenters. The smallest absolute Gasteiger partial charge is 0.375 e. The van der Waals surface area contributed by atoms with Gasteiger partial charge >= 0.3 is 5.97 Å². The molecule has 0 spiro atoms. The minimum absolute atomic E-state index is 0.162. The number of carboxylic acid groups (broad SMARTS) is 1. The lowest BCUT2D eigenvalue weighted by Crippen LogP contribution is -2.03. The van der Waals surface area contributed by atoms with E-state index in [1.165, 1.54) is 5.56 Å². The van der Waals surface area contributed by atoms with Crippen molar-refractivity contribution in [2.45, 2.75) is 33.1 Å². The van der Waals surface area contributed by atoms with Crippen molar-refractivity contribution in [2.75, 3.05) is 0 Å². The molecule has 0 fully saturated rings. The van der Waals surface area contributed by atoms with Crippen molar-refractivity contribution >= 4 is 5.97 Å². The first-order chi connectivity index (χ1) is 9.02. The molecule has 2 aromatic rings. The maximum absolute atomic E-state index is 10.9. The molecule has 0 aliphatic rings. The van der Waals surface area contributed by atoms with E-state index in [1.54, 1.807) is 4.68 Å². The topological polar surface area (TPSA) is 68.0 Å². The molecule has 19 heavy (non-hydrogen) atoms. The van der Waals surface area contributed by atoms with Gasteiger partial charge in [-0.1, -0.05) is 32.9 Å². The molecule has 0 aliphatic carbocycles. The van der Waals surface area contributed by atoms with E-state index < -0.39 is 5.97 Å². The lowest BCUT2D eigenvalue weighted by molar-refractivity contribution is 0.0683. The highest BCUT2D eigenvalue weighted by Gasteiger charge is 2.15. The van der Waals surface area contributed by atoms with Gasteiger partial charge in [-0.25, -0.2) is 14.5 Å². The van der Waals surface area contributed by atoms with Crippen LogP contribution in [-0.4, -0.2) is 25.8 Å². The average Bonchev–Trinajstić information content (AvgIpc) is 2.83. The Morgan fingerprint density at radius 2 is 1.95 bits per heavy atom. The molecule has 0 aliphatic heterocycles. The molecular weight excluding hydrogens is 242 g/mol. The number of hydrogen-bond acceptors (Lipinski definition) is 3. The first-order valence-corrected chi connectivity index (χ1v) is 6.32. The van der Waals surface area contributed by atoms with Crippen molar-refractivity contribution in [2.24, 2.45) is 0 Å². The fourth-order valence-corrected chi connectivity index (χ4v) is 1.87. The van der Waals surface area contributed by atoms with Gasteiger partial charge in [-0.15, -0.1) is 5.10 Å². The maximum Gasteiger partial charge on any atom is 0.375 e. The molecule has 0 saturated heterocycles. The van der Waals surface area contributed by atoms with Gasteiger partial charge in [0.15, 0.2) is 0 Å². The van der Waals surface area contributed by atoms with Crippen molar-refractivity contribution in [3.63, 3.8) is 0 Å². The van der Waals surface area contributed by atoms with Gasteiger partial charge in [0.2, 0.25) is 0 Å². The normalized spacial score (nSPS) is 10.9. The van der Waals surface area contributed by atoms with Gasteiger partial charge in [0, 0.05) is 6.42 Å². The monoisotopic (exact) mass is 259 g/mol. The van der Waals surface area contributed by atoms with Crippen molar-refractivity contribution in [1.82, 2.24) is 14.8 Å². The number of aromatic carboxylic acids is 1. The predicted molar refractivity (Wildman–Crippen MR) is 71.8 cm³/mol. The standard InChI is InChI=1S/C14H17N3O2/c1-4-12-15-13(14(18)19)16-17(12)11-7-5-10(6-8-11)9(2)3/h5-9H,4H2,1-3H3,(H,18,19). The highest BCUT2D eigenvalue weighted by atomic mass is 16.4. The Labute approximate surface area is 111 Å². The molecule has 0 radical (unpaired) electrons. The van der Waals surface area contributed by atoms with E-state index in [-0.39, 0.29) is 5.82 Å². The summed E-state index contributed by atoms with van der Waals surface area (Å²) in [5, 5.41) is 13.0. The number of aromatic nitrogens is 3. The third-order valence-electron chi connectivity index (χ3n) is 2.99. The lowest BCUT2D eigenvalue weighted by atomic mass is 10.0. The van der Waals surface area contributed by atoms with Crippen LogP contribution in [0.25, 0.3) is 5.69 Å². The number of carboxylic acids is 1. The Morgan fingerprint density at radius 3 is 2.42 bits per heavy atom. The van der Waals surface area contributed by atoms with Gasteiger partial charge in [0.25, 0.3) is 5.82 Å². The molecular formula is C14H17N3O2. The van der Waals surface area contributed by atoms with Crippen molar-refractivity contribution in [1.29, 1.82) is 0 Å². The van der Waals surface area contributed by atoms with Crippen LogP contribution in [0.3, 0.4) is 0 Å². The molecule has 0 bridgehead atoms. The number of carbonyl (C=O) groups is 1. The number of rotatable bonds is 4. The van der Waals surface area contributed by atoms with Crippen LogP contribution in [0.2, 0.25) is 0 Å². The fourth-order valence-electron chi connectivity index (χ4n) is 1.87. The second-order valence-electron chi connectivity index (χ2n) is 4.67. The summed E-state index contributed by atoms with van der Waals surface area (Å²) in [5.41, 5.74) is 2.07. The Hall–Kier alpha value is -2.17. The number of hydrogen-bond donors (Lipinski definition) is 1. The van der Waals surface area contributed by atoms with Gasteiger partial charge < -0.3 is 5.11 Å². The lowest BCUT2D eigenvalue weighted by Gasteiger charge is -2.08. The van der Waals surface area contributed by atoms with Crippen LogP contribution in [0.5, 0.6) is 0 Å². The van der Waals surface area contributed by atoms with E-state index >= 15 is 0 Å². The minimum atomic E-state index is -1.10. The zero-order chi connectivity index (χ0) is 14.0. The summed E-state index contributed by atoms with van der Waals surface area (Å²) in [5.74, 6) is -0.156. The summed E-state index contributed by atoms with van der Waals surface area (Å²) in [6.45, 7) is 6.18. The van der Waals surface area contributed by atoms with Crippen LogP contribution in [0.15, 0.2) is 24.3 Å². The highest BCUT2D eigenvalue weighted by molar-refractivity contribution is 5.83. The third-order valence-corrected chi connectivity index (χ3v) is 2.99. The van der Waals surface area contributed by atoms with Gasteiger partial charge in [0.1, 0.15) is 5.82 Å². The Kier molecular flexibility index (Phi) is 3.64. The molecule has 0 saturated carbocycles. The fraction of sp³-hybridized carbons (Fsp3) is 0.357. The number of nitrogens with zero attached hydrogens (tertiary/aromatic N) is 3. The van der Waals surface area contributed by atoms with E-state index in [9.17, 15) is 4.79 Å². The Morgan fingerprint density at radius 1 is 1.32 bits per heavy atom. The van der Waals surface area contributed by atoms with E-state index in [2.05, 4.69) is 23.9 Å². The maximum atomic E-state index is 10.9. The van der Waals surface area contributed by atoms with Crippen LogP contribution in [0, 0.1) is 0 Å². The summed E-state index contributed by atoms with van der Waals surface area (Å²) in [7, 11) is 0. The first kappa shape index (κ1) is 13.3. The molecule has 5 nitrogen and oxygen atoms in total. The highest BCUT2D eigenvalue weighted by Crippen LogP contribution is 2.17. The number of benzene rings is 1. The van der Waals surface area contributed by atoms with Crippen molar-refractivity contribution in [3.05, 3.63) is 41.5 Å². The molecule has 1 heterocycles.